The summed E-state index contributed by atoms with van der Waals surface area (Å²) in [4.78, 5) is 15.1. The second-order valence-electron chi connectivity index (χ2n) is 6.85. The average molecular weight is 309 g/mol. The molecular formula is C19H23N3O. The molecule has 3 atom stereocenters. The molecule has 4 nitrogen and oxygen atoms in total. The first-order valence-electron chi connectivity index (χ1n) is 8.45. The Kier molecular flexibility index (Phi) is 3.69. The highest BCUT2D eigenvalue weighted by atomic mass is 16.2. The van der Waals surface area contributed by atoms with Gasteiger partial charge in [0.25, 0.3) is 5.91 Å². The summed E-state index contributed by atoms with van der Waals surface area (Å²) in [7, 11) is 1.96. The molecule has 2 aromatic rings. The smallest absolute Gasteiger partial charge is 0.268 e. The number of aromatic nitrogens is 1. The van der Waals surface area contributed by atoms with Gasteiger partial charge in [-0.2, -0.15) is 0 Å². The van der Waals surface area contributed by atoms with Crippen LogP contribution in [0.2, 0.25) is 0 Å². The van der Waals surface area contributed by atoms with E-state index in [1.54, 1.807) is 0 Å². The molecule has 1 unspecified atom stereocenters. The molecule has 3 heterocycles. The van der Waals surface area contributed by atoms with Crippen LogP contribution >= 0.6 is 0 Å². The molecule has 1 aromatic heterocycles. The Bertz CT molecular complexity index is 695. The number of fused-ring (bicyclic) bond motifs is 2. The van der Waals surface area contributed by atoms with Gasteiger partial charge in [-0.15, -0.1) is 0 Å². The Morgan fingerprint density at radius 1 is 1.13 bits per heavy atom. The summed E-state index contributed by atoms with van der Waals surface area (Å²) in [6.45, 7) is 3.41. The molecular weight excluding hydrogens is 286 g/mol. The summed E-state index contributed by atoms with van der Waals surface area (Å²) < 4.78 is 1.99. The SMILES string of the molecule is Cn1c(C(=O)N[C@@H]2C[C@@H]3CCN(C3)C2)ccc1-c1ccccc1. The highest BCUT2D eigenvalue weighted by Crippen LogP contribution is 2.27. The lowest BCUT2D eigenvalue weighted by Crippen LogP contribution is -2.47. The summed E-state index contributed by atoms with van der Waals surface area (Å²) in [6.07, 6.45) is 2.41. The van der Waals surface area contributed by atoms with Crippen LogP contribution in [0.1, 0.15) is 23.3 Å². The summed E-state index contributed by atoms with van der Waals surface area (Å²) in [5.41, 5.74) is 2.94. The lowest BCUT2D eigenvalue weighted by atomic mass is 9.97. The molecule has 0 spiro atoms. The van der Waals surface area contributed by atoms with Gasteiger partial charge in [-0.1, -0.05) is 30.3 Å². The molecule has 0 aliphatic carbocycles. The largest absolute Gasteiger partial charge is 0.347 e. The first-order valence-corrected chi connectivity index (χ1v) is 8.45. The number of rotatable bonds is 3. The third kappa shape index (κ3) is 2.79. The van der Waals surface area contributed by atoms with E-state index in [0.29, 0.717) is 6.04 Å². The summed E-state index contributed by atoms with van der Waals surface area (Å²) in [5, 5.41) is 3.24. The lowest BCUT2D eigenvalue weighted by molar-refractivity contribution is 0.0901. The first kappa shape index (κ1) is 14.5. The number of carbonyl (C=O) groups is 1. The van der Waals surface area contributed by atoms with E-state index in [1.165, 1.54) is 19.5 Å². The van der Waals surface area contributed by atoms with E-state index in [4.69, 9.17) is 0 Å². The van der Waals surface area contributed by atoms with Gasteiger partial charge in [0.2, 0.25) is 0 Å². The fourth-order valence-corrected chi connectivity index (χ4v) is 4.06. The third-order valence-electron chi connectivity index (χ3n) is 5.23. The zero-order valence-electron chi connectivity index (χ0n) is 13.5. The highest BCUT2D eigenvalue weighted by molar-refractivity contribution is 5.94. The first-order chi connectivity index (χ1) is 11.2. The number of benzene rings is 1. The Balaban J connectivity index is 1.50. The summed E-state index contributed by atoms with van der Waals surface area (Å²) in [5.74, 6) is 0.810. The Hall–Kier alpha value is -2.07. The van der Waals surface area contributed by atoms with Crippen LogP contribution in [0.25, 0.3) is 11.3 Å². The van der Waals surface area contributed by atoms with E-state index in [1.807, 2.05) is 41.9 Å². The number of carbonyl (C=O) groups excluding carboxylic acids is 1. The molecule has 1 N–H and O–H groups in total. The average Bonchev–Trinajstić information content (AvgIpc) is 3.10. The van der Waals surface area contributed by atoms with Crippen molar-refractivity contribution < 1.29 is 4.79 Å². The monoisotopic (exact) mass is 309 g/mol. The van der Waals surface area contributed by atoms with Crippen molar-refractivity contribution in [1.82, 2.24) is 14.8 Å². The standard InChI is InChI=1S/C19H23N3O/c1-21-17(15-5-3-2-4-6-15)7-8-18(21)19(23)20-16-11-14-9-10-22(12-14)13-16/h2-8,14,16H,9-13H2,1H3,(H,20,23)/t14-,16+/m0/s1. The fraction of sp³-hybridized carbons (Fsp3) is 0.421. The van der Waals surface area contributed by atoms with Gasteiger partial charge in [0.1, 0.15) is 5.69 Å². The van der Waals surface area contributed by atoms with Gasteiger partial charge >= 0.3 is 0 Å². The third-order valence-corrected chi connectivity index (χ3v) is 5.23. The number of piperidine rings is 1. The van der Waals surface area contributed by atoms with Crippen molar-refractivity contribution in [3.05, 3.63) is 48.2 Å². The zero-order valence-corrected chi connectivity index (χ0v) is 13.5. The van der Waals surface area contributed by atoms with Gasteiger partial charge in [0.15, 0.2) is 0 Å². The molecule has 120 valence electrons. The molecule has 2 aliphatic heterocycles. The maximum absolute atomic E-state index is 12.7. The molecule has 0 saturated carbocycles. The molecule has 1 amide bonds. The second-order valence-corrected chi connectivity index (χ2v) is 6.85. The highest BCUT2D eigenvalue weighted by Gasteiger charge is 2.33. The van der Waals surface area contributed by atoms with Crippen molar-refractivity contribution in [3.8, 4) is 11.3 Å². The van der Waals surface area contributed by atoms with Crippen molar-refractivity contribution in [2.75, 3.05) is 19.6 Å². The minimum atomic E-state index is 0.0437. The van der Waals surface area contributed by atoms with Crippen LogP contribution in [-0.4, -0.2) is 41.1 Å². The molecule has 2 fully saturated rings. The normalized spacial score (nSPS) is 26.2. The molecule has 2 saturated heterocycles. The molecule has 2 bridgehead atoms. The van der Waals surface area contributed by atoms with Crippen LogP contribution < -0.4 is 5.32 Å². The molecule has 1 aromatic carbocycles. The van der Waals surface area contributed by atoms with Crippen molar-refractivity contribution in [3.63, 3.8) is 0 Å². The Morgan fingerprint density at radius 3 is 2.74 bits per heavy atom. The lowest BCUT2D eigenvalue weighted by Gasteiger charge is -2.30. The zero-order chi connectivity index (χ0) is 15.8. The number of nitrogens with zero attached hydrogens (tertiary/aromatic N) is 2. The van der Waals surface area contributed by atoms with E-state index in [-0.39, 0.29) is 5.91 Å². The van der Waals surface area contributed by atoms with Gasteiger partial charge in [0, 0.05) is 31.9 Å². The molecule has 2 aliphatic rings. The van der Waals surface area contributed by atoms with Gasteiger partial charge in [-0.3, -0.25) is 4.79 Å². The van der Waals surface area contributed by atoms with Crippen LogP contribution in [-0.2, 0) is 7.05 Å². The maximum atomic E-state index is 12.7. The minimum Gasteiger partial charge on any atom is -0.347 e. The Morgan fingerprint density at radius 2 is 1.96 bits per heavy atom. The van der Waals surface area contributed by atoms with Crippen molar-refractivity contribution in [1.29, 1.82) is 0 Å². The predicted octanol–water partition coefficient (Wildman–Crippen LogP) is 2.52. The molecule has 4 rings (SSSR count). The van der Waals surface area contributed by atoms with E-state index in [2.05, 4.69) is 22.3 Å². The van der Waals surface area contributed by atoms with Crippen LogP contribution in [0.15, 0.2) is 42.5 Å². The van der Waals surface area contributed by atoms with E-state index in [9.17, 15) is 4.79 Å². The number of hydrogen-bond acceptors (Lipinski definition) is 2. The van der Waals surface area contributed by atoms with Crippen LogP contribution in [0.4, 0.5) is 0 Å². The fourth-order valence-electron chi connectivity index (χ4n) is 4.06. The van der Waals surface area contributed by atoms with Gasteiger partial charge in [0.05, 0.1) is 0 Å². The number of nitrogens with one attached hydrogen (secondary N) is 1. The summed E-state index contributed by atoms with van der Waals surface area (Å²) in [6, 6.07) is 14.4. The predicted molar refractivity (Wildman–Crippen MR) is 91.3 cm³/mol. The Labute approximate surface area is 137 Å². The van der Waals surface area contributed by atoms with Gasteiger partial charge in [-0.25, -0.2) is 0 Å². The van der Waals surface area contributed by atoms with Gasteiger partial charge < -0.3 is 14.8 Å². The van der Waals surface area contributed by atoms with Crippen LogP contribution in [0, 0.1) is 5.92 Å². The van der Waals surface area contributed by atoms with Crippen LogP contribution in [0.5, 0.6) is 0 Å². The van der Waals surface area contributed by atoms with Crippen molar-refractivity contribution >= 4 is 5.91 Å². The summed E-state index contributed by atoms with van der Waals surface area (Å²) >= 11 is 0. The van der Waals surface area contributed by atoms with Crippen molar-refractivity contribution in [2.24, 2.45) is 13.0 Å². The van der Waals surface area contributed by atoms with Crippen molar-refractivity contribution in [2.45, 2.75) is 18.9 Å². The van der Waals surface area contributed by atoms with E-state index < -0.39 is 0 Å². The minimum absolute atomic E-state index is 0.0437. The molecule has 23 heavy (non-hydrogen) atoms. The molecule has 0 radical (unpaired) electrons. The maximum Gasteiger partial charge on any atom is 0.268 e. The quantitative estimate of drug-likeness (QED) is 0.946. The second kappa shape index (κ2) is 5.85. The topological polar surface area (TPSA) is 37.3 Å². The molecule has 4 heteroatoms. The number of hydrogen-bond donors (Lipinski definition) is 1. The number of amides is 1. The van der Waals surface area contributed by atoms with E-state index in [0.717, 1.165) is 35.8 Å². The van der Waals surface area contributed by atoms with Gasteiger partial charge in [-0.05, 0) is 43.0 Å². The van der Waals surface area contributed by atoms with Crippen LogP contribution in [0.3, 0.4) is 0 Å². The van der Waals surface area contributed by atoms with E-state index >= 15 is 0 Å².